The lowest BCUT2D eigenvalue weighted by atomic mass is 9.71. The molecule has 0 radical (unpaired) electrons. The molecule has 4 rings (SSSR count). The number of hydrogen-bond acceptors (Lipinski definition) is 2. The lowest BCUT2D eigenvalue weighted by molar-refractivity contribution is -0.143. The van der Waals surface area contributed by atoms with Gasteiger partial charge in [-0.2, -0.15) is 0 Å². The highest BCUT2D eigenvalue weighted by Gasteiger charge is 2.55. The second-order valence-electron chi connectivity index (χ2n) is 7.19. The quantitative estimate of drug-likeness (QED) is 0.909. The van der Waals surface area contributed by atoms with Crippen LogP contribution in [0.5, 0.6) is 0 Å². The average molecular weight is 353 g/mol. The summed E-state index contributed by atoms with van der Waals surface area (Å²) in [5, 5.41) is 10.0. The zero-order chi connectivity index (χ0) is 18.3. The van der Waals surface area contributed by atoms with Crippen LogP contribution in [0.4, 0.5) is 4.39 Å². The molecule has 1 N–H and O–H groups in total. The Morgan fingerprint density at radius 1 is 1.15 bits per heavy atom. The topological polar surface area (TPSA) is 57.6 Å². The molecular weight excluding hydrogens is 333 g/mol. The summed E-state index contributed by atoms with van der Waals surface area (Å²) in [6.07, 6.45) is 2.98. The van der Waals surface area contributed by atoms with E-state index in [-0.39, 0.29) is 5.91 Å². The molecule has 26 heavy (non-hydrogen) atoms. The Labute approximate surface area is 151 Å². The smallest absolute Gasteiger partial charge is 0.313 e. The van der Waals surface area contributed by atoms with E-state index in [9.17, 15) is 19.1 Å². The van der Waals surface area contributed by atoms with E-state index in [1.54, 1.807) is 4.90 Å². The fourth-order valence-corrected chi connectivity index (χ4v) is 4.66. The predicted octanol–water partition coefficient (Wildman–Crippen LogP) is 3.96. The highest BCUT2D eigenvalue weighted by Crippen LogP contribution is 2.51. The van der Waals surface area contributed by atoms with Crippen LogP contribution in [0.3, 0.4) is 0 Å². The van der Waals surface area contributed by atoms with Crippen molar-refractivity contribution in [3.63, 3.8) is 0 Å². The molecule has 1 aliphatic heterocycles. The molecule has 1 fully saturated rings. The van der Waals surface area contributed by atoms with Crippen LogP contribution in [-0.4, -0.2) is 27.4 Å². The molecule has 4 nitrogen and oxygen atoms in total. The summed E-state index contributed by atoms with van der Waals surface area (Å²) in [5.41, 5.74) is 0.780. The summed E-state index contributed by atoms with van der Waals surface area (Å²) in [4.78, 5) is 27.2. The van der Waals surface area contributed by atoms with Crippen molar-refractivity contribution in [2.45, 2.75) is 43.7 Å². The van der Waals surface area contributed by atoms with E-state index in [0.29, 0.717) is 30.5 Å². The molecule has 2 aromatic rings. The molecule has 1 atom stereocenters. The van der Waals surface area contributed by atoms with Crippen molar-refractivity contribution in [2.75, 3.05) is 0 Å². The van der Waals surface area contributed by atoms with Crippen LogP contribution in [0.15, 0.2) is 48.5 Å². The van der Waals surface area contributed by atoms with Crippen LogP contribution in [-0.2, 0) is 11.3 Å². The first-order valence-corrected chi connectivity index (χ1v) is 8.91. The fourth-order valence-electron chi connectivity index (χ4n) is 4.66. The Morgan fingerprint density at radius 3 is 2.50 bits per heavy atom. The molecule has 0 saturated heterocycles. The minimum absolute atomic E-state index is 0.205. The number of carboxylic acids is 1. The van der Waals surface area contributed by atoms with E-state index in [1.165, 1.54) is 18.2 Å². The van der Waals surface area contributed by atoms with Crippen LogP contribution in [0, 0.1) is 5.82 Å². The maximum Gasteiger partial charge on any atom is 0.313 e. The molecule has 1 aliphatic carbocycles. The first kappa shape index (κ1) is 16.8. The van der Waals surface area contributed by atoms with Gasteiger partial charge >= 0.3 is 5.97 Å². The van der Waals surface area contributed by atoms with Gasteiger partial charge in [0, 0.05) is 12.1 Å². The molecule has 1 unspecified atom stereocenters. The summed E-state index contributed by atoms with van der Waals surface area (Å²) in [6, 6.07) is 13.5. The zero-order valence-corrected chi connectivity index (χ0v) is 14.3. The molecule has 0 aromatic heterocycles. The second kappa shape index (κ2) is 6.24. The highest BCUT2D eigenvalue weighted by molar-refractivity contribution is 6.01. The standard InChI is InChI=1S/C21H20FNO3/c22-15-8-9-16-17(12-15)18(20(25)26)21(10-4-5-11-21)23(19(16)24)13-14-6-2-1-3-7-14/h1-3,6-9,12,18H,4-5,10-11,13H2,(H,25,26). The number of rotatable bonds is 3. The van der Waals surface area contributed by atoms with Crippen LogP contribution in [0.1, 0.15) is 53.1 Å². The van der Waals surface area contributed by atoms with E-state index in [1.807, 2.05) is 30.3 Å². The van der Waals surface area contributed by atoms with Gasteiger partial charge in [0.25, 0.3) is 5.91 Å². The third kappa shape index (κ3) is 2.50. The number of carbonyl (C=O) groups excluding carboxylic acids is 1. The highest BCUT2D eigenvalue weighted by atomic mass is 19.1. The van der Waals surface area contributed by atoms with Gasteiger partial charge in [-0.1, -0.05) is 43.2 Å². The van der Waals surface area contributed by atoms with Gasteiger partial charge in [0.05, 0.1) is 5.54 Å². The Bertz CT molecular complexity index is 859. The van der Waals surface area contributed by atoms with E-state index < -0.39 is 23.2 Å². The Hall–Kier alpha value is -2.69. The number of amides is 1. The summed E-state index contributed by atoms with van der Waals surface area (Å²) in [7, 11) is 0. The molecular formula is C21H20FNO3. The zero-order valence-electron chi connectivity index (χ0n) is 14.3. The van der Waals surface area contributed by atoms with Crippen molar-refractivity contribution >= 4 is 11.9 Å². The molecule has 2 aliphatic rings. The van der Waals surface area contributed by atoms with Crippen molar-refractivity contribution in [1.82, 2.24) is 4.90 Å². The van der Waals surface area contributed by atoms with Crippen LogP contribution in [0.25, 0.3) is 0 Å². The Balaban J connectivity index is 1.88. The van der Waals surface area contributed by atoms with Crippen molar-refractivity contribution in [3.8, 4) is 0 Å². The van der Waals surface area contributed by atoms with E-state index >= 15 is 0 Å². The summed E-state index contributed by atoms with van der Waals surface area (Å²) in [5.74, 6) is -2.61. The molecule has 1 heterocycles. The number of halogens is 1. The van der Waals surface area contributed by atoms with Gasteiger partial charge in [-0.25, -0.2) is 4.39 Å². The number of hydrogen-bond donors (Lipinski definition) is 1. The second-order valence-corrected chi connectivity index (χ2v) is 7.19. The lowest BCUT2D eigenvalue weighted by Gasteiger charge is -2.49. The number of fused-ring (bicyclic) bond motifs is 1. The van der Waals surface area contributed by atoms with Gasteiger partial charge in [0.1, 0.15) is 11.7 Å². The van der Waals surface area contributed by atoms with Crippen LogP contribution >= 0.6 is 0 Å². The summed E-state index contributed by atoms with van der Waals surface area (Å²) in [6.45, 7) is 0.361. The average Bonchev–Trinajstić information content (AvgIpc) is 3.09. The maximum atomic E-state index is 13.9. The van der Waals surface area contributed by atoms with Crippen LogP contribution in [0.2, 0.25) is 0 Å². The number of carboxylic acid groups (broad SMARTS) is 1. The molecule has 1 saturated carbocycles. The number of carbonyl (C=O) groups is 2. The van der Waals surface area contributed by atoms with Gasteiger partial charge in [-0.05, 0) is 42.2 Å². The fraction of sp³-hybridized carbons (Fsp3) is 0.333. The first-order chi connectivity index (χ1) is 12.5. The Kier molecular flexibility index (Phi) is 4.02. The normalized spacial score (nSPS) is 21.0. The monoisotopic (exact) mass is 353 g/mol. The van der Waals surface area contributed by atoms with Crippen molar-refractivity contribution in [3.05, 3.63) is 71.0 Å². The summed E-state index contributed by atoms with van der Waals surface area (Å²) >= 11 is 0. The molecule has 0 bridgehead atoms. The minimum atomic E-state index is -0.996. The van der Waals surface area contributed by atoms with Crippen LogP contribution < -0.4 is 0 Å². The molecule has 1 amide bonds. The van der Waals surface area contributed by atoms with Gasteiger partial charge < -0.3 is 10.0 Å². The number of benzene rings is 2. The van der Waals surface area contributed by atoms with Gasteiger partial charge in [-0.3, -0.25) is 9.59 Å². The summed E-state index contributed by atoms with van der Waals surface area (Å²) < 4.78 is 13.9. The van der Waals surface area contributed by atoms with E-state index in [0.717, 1.165) is 18.4 Å². The third-order valence-corrected chi connectivity index (χ3v) is 5.77. The number of nitrogens with zero attached hydrogens (tertiary/aromatic N) is 1. The minimum Gasteiger partial charge on any atom is -0.481 e. The van der Waals surface area contributed by atoms with E-state index in [4.69, 9.17) is 0 Å². The van der Waals surface area contributed by atoms with Crippen molar-refractivity contribution in [1.29, 1.82) is 0 Å². The number of aliphatic carboxylic acids is 1. The maximum absolute atomic E-state index is 13.9. The third-order valence-electron chi connectivity index (χ3n) is 5.77. The molecule has 5 heteroatoms. The molecule has 134 valence electrons. The van der Waals surface area contributed by atoms with Crippen molar-refractivity contribution in [2.24, 2.45) is 0 Å². The van der Waals surface area contributed by atoms with Gasteiger partial charge in [0.15, 0.2) is 0 Å². The predicted molar refractivity (Wildman–Crippen MR) is 94.3 cm³/mol. The lowest BCUT2D eigenvalue weighted by Crippen LogP contribution is -2.58. The first-order valence-electron chi connectivity index (χ1n) is 8.91. The SMILES string of the molecule is O=C(O)C1c2cc(F)ccc2C(=O)N(Cc2ccccc2)C12CCCC2. The van der Waals surface area contributed by atoms with E-state index in [2.05, 4.69) is 0 Å². The van der Waals surface area contributed by atoms with Gasteiger partial charge in [-0.15, -0.1) is 0 Å². The largest absolute Gasteiger partial charge is 0.481 e. The molecule has 1 spiro atoms. The Morgan fingerprint density at radius 2 is 1.85 bits per heavy atom. The van der Waals surface area contributed by atoms with Gasteiger partial charge in [0.2, 0.25) is 0 Å². The van der Waals surface area contributed by atoms with Crippen molar-refractivity contribution < 1.29 is 19.1 Å². The molecule has 2 aromatic carbocycles.